The quantitative estimate of drug-likeness (QED) is 0.464. The van der Waals surface area contributed by atoms with Gasteiger partial charge in [0.25, 0.3) is 10.0 Å². The molecule has 11 heteroatoms. The normalized spacial score (nSPS) is 16.8. The van der Waals surface area contributed by atoms with Gasteiger partial charge >= 0.3 is 0 Å². The van der Waals surface area contributed by atoms with Crippen molar-refractivity contribution in [2.75, 3.05) is 47.2 Å². The number of hydrogen-bond donors (Lipinski definition) is 1. The van der Waals surface area contributed by atoms with E-state index in [0.29, 0.717) is 37.4 Å². The van der Waals surface area contributed by atoms with Crippen LogP contribution in [0.15, 0.2) is 51.9 Å². The van der Waals surface area contributed by atoms with Gasteiger partial charge < -0.3 is 19.2 Å². The Morgan fingerprint density at radius 1 is 1.08 bits per heavy atom. The SMILES string of the molecule is Cc1noc(NS(=O)(=O)c2ccc(N3CCN(C(=O)C(C)N4CCCc5cc(Cl)ccc54)CC3)cc2)c1C.[HH].[HH]. The van der Waals surface area contributed by atoms with Gasteiger partial charge in [0.05, 0.1) is 10.6 Å². The fourth-order valence-corrected chi connectivity index (χ4v) is 6.35. The molecule has 206 valence electrons. The third-order valence-electron chi connectivity index (χ3n) is 7.51. The van der Waals surface area contributed by atoms with Crippen LogP contribution in [0.25, 0.3) is 0 Å². The zero-order valence-corrected chi connectivity index (χ0v) is 23.3. The zero-order chi connectivity index (χ0) is 27.0. The number of rotatable bonds is 6. The lowest BCUT2D eigenvalue weighted by Crippen LogP contribution is -2.55. The highest BCUT2D eigenvalue weighted by Gasteiger charge is 2.31. The van der Waals surface area contributed by atoms with Crippen molar-refractivity contribution in [3.63, 3.8) is 0 Å². The van der Waals surface area contributed by atoms with Crippen LogP contribution in [0.3, 0.4) is 0 Å². The topological polar surface area (TPSA) is 99.0 Å². The number of hydrogen-bond acceptors (Lipinski definition) is 7. The molecule has 9 nitrogen and oxygen atoms in total. The number of nitrogens with zero attached hydrogens (tertiary/aromatic N) is 4. The Morgan fingerprint density at radius 3 is 2.45 bits per heavy atom. The number of anilines is 3. The Balaban J connectivity index is 0.00000220. The van der Waals surface area contributed by atoms with Gasteiger partial charge in [-0.1, -0.05) is 16.8 Å². The summed E-state index contributed by atoms with van der Waals surface area (Å²) in [5.41, 5.74) is 4.49. The molecule has 1 fully saturated rings. The number of piperazine rings is 1. The predicted molar refractivity (Wildman–Crippen MR) is 153 cm³/mol. The highest BCUT2D eigenvalue weighted by Crippen LogP contribution is 2.32. The van der Waals surface area contributed by atoms with E-state index in [1.165, 1.54) is 5.56 Å². The van der Waals surface area contributed by atoms with Gasteiger partial charge in [0.1, 0.15) is 6.04 Å². The van der Waals surface area contributed by atoms with E-state index in [-0.39, 0.29) is 25.6 Å². The number of carbonyl (C=O) groups is 1. The first-order valence-electron chi connectivity index (χ1n) is 12.8. The standard InChI is InChI=1S/C27H32ClN5O4S.2H2/c1-18-19(2)29-37-26(18)30-38(35,36)24-9-7-23(8-10-24)31-13-15-32(16-14-31)27(34)20(3)33-12-4-5-21-17-22(28)6-11-25(21)33;;/h6-11,17,20,30H,4-5,12-16H2,1-3H3;2*1H. The first-order valence-corrected chi connectivity index (χ1v) is 14.6. The number of aryl methyl sites for hydroxylation is 2. The summed E-state index contributed by atoms with van der Waals surface area (Å²) in [7, 11) is -3.80. The van der Waals surface area contributed by atoms with Gasteiger partial charge in [-0.05, 0) is 81.6 Å². The predicted octanol–water partition coefficient (Wildman–Crippen LogP) is 4.73. The Labute approximate surface area is 231 Å². The third-order valence-corrected chi connectivity index (χ3v) is 9.09. The van der Waals surface area contributed by atoms with Crippen LogP contribution in [0.1, 0.15) is 33.0 Å². The zero-order valence-electron chi connectivity index (χ0n) is 21.8. The monoisotopic (exact) mass is 561 g/mol. The molecule has 0 spiro atoms. The van der Waals surface area contributed by atoms with Crippen LogP contribution >= 0.6 is 11.6 Å². The van der Waals surface area contributed by atoms with Crippen LogP contribution < -0.4 is 14.5 Å². The fraction of sp³-hybridized carbons (Fsp3) is 0.407. The van der Waals surface area contributed by atoms with Crippen LogP contribution in [0.2, 0.25) is 5.02 Å². The molecule has 38 heavy (non-hydrogen) atoms. The number of nitrogens with one attached hydrogen (secondary N) is 1. The number of aromatic nitrogens is 1. The van der Waals surface area contributed by atoms with Gasteiger partial charge in [-0.25, -0.2) is 13.1 Å². The Bertz CT molecular complexity index is 1440. The number of amides is 1. The molecule has 5 rings (SSSR count). The maximum atomic E-state index is 13.4. The van der Waals surface area contributed by atoms with Crippen molar-refractivity contribution in [3.05, 3.63) is 64.3 Å². The maximum absolute atomic E-state index is 13.4. The fourth-order valence-electron chi connectivity index (χ4n) is 5.11. The van der Waals surface area contributed by atoms with Crippen LogP contribution in [-0.2, 0) is 21.2 Å². The molecule has 3 aromatic rings. The Kier molecular flexibility index (Phi) is 7.28. The molecular formula is C27H36ClN5O4S. The van der Waals surface area contributed by atoms with Crippen LogP contribution in [-0.4, -0.2) is 63.1 Å². The molecular weight excluding hydrogens is 526 g/mol. The summed E-state index contributed by atoms with van der Waals surface area (Å²) in [6.07, 6.45) is 1.97. The number of sulfonamides is 1. The first kappa shape index (κ1) is 26.4. The molecule has 0 radical (unpaired) electrons. The maximum Gasteiger partial charge on any atom is 0.264 e. The first-order chi connectivity index (χ1) is 18.1. The van der Waals surface area contributed by atoms with E-state index < -0.39 is 10.0 Å². The van der Waals surface area contributed by atoms with Crippen LogP contribution in [0.5, 0.6) is 0 Å². The average molecular weight is 562 g/mol. The highest BCUT2D eigenvalue weighted by molar-refractivity contribution is 7.92. The molecule has 1 saturated heterocycles. The minimum atomic E-state index is -3.80. The summed E-state index contributed by atoms with van der Waals surface area (Å²) in [5, 5.41) is 4.52. The number of carbonyl (C=O) groups excluding carboxylic acids is 1. The molecule has 1 unspecified atom stereocenters. The molecule has 0 saturated carbocycles. The van der Waals surface area contributed by atoms with Crippen molar-refractivity contribution in [2.24, 2.45) is 0 Å². The smallest absolute Gasteiger partial charge is 0.264 e. The van der Waals surface area contributed by atoms with Crippen LogP contribution in [0, 0.1) is 13.8 Å². The largest absolute Gasteiger partial charge is 0.368 e. The van der Waals surface area contributed by atoms with Gasteiger partial charge in [-0.2, -0.15) is 0 Å². The number of fused-ring (bicyclic) bond motifs is 1. The summed E-state index contributed by atoms with van der Waals surface area (Å²) in [6.45, 7) is 8.89. The number of halogens is 1. The summed E-state index contributed by atoms with van der Waals surface area (Å²) in [4.78, 5) is 19.8. The van der Waals surface area contributed by atoms with Crippen molar-refractivity contribution in [3.8, 4) is 0 Å². The van der Waals surface area contributed by atoms with E-state index in [0.717, 1.165) is 35.8 Å². The summed E-state index contributed by atoms with van der Waals surface area (Å²) >= 11 is 6.19. The lowest BCUT2D eigenvalue weighted by molar-refractivity contribution is -0.132. The van der Waals surface area contributed by atoms with Gasteiger partial charge in [0, 0.05) is 57.5 Å². The van der Waals surface area contributed by atoms with Crippen molar-refractivity contribution >= 4 is 44.8 Å². The molecule has 1 N–H and O–H groups in total. The van der Waals surface area contributed by atoms with Gasteiger partial charge in [-0.3, -0.25) is 4.79 Å². The second kappa shape index (κ2) is 10.5. The molecule has 1 atom stereocenters. The third kappa shape index (κ3) is 5.19. The highest BCUT2D eigenvalue weighted by atomic mass is 35.5. The second-order valence-electron chi connectivity index (χ2n) is 9.88. The molecule has 3 heterocycles. The van der Waals surface area contributed by atoms with Crippen molar-refractivity contribution in [1.82, 2.24) is 10.1 Å². The van der Waals surface area contributed by atoms with Gasteiger partial charge in [-0.15, -0.1) is 0 Å². The molecule has 2 aromatic carbocycles. The van der Waals surface area contributed by atoms with E-state index in [1.54, 1.807) is 38.1 Å². The van der Waals surface area contributed by atoms with Crippen molar-refractivity contribution < 1.29 is 20.6 Å². The van der Waals surface area contributed by atoms with E-state index in [1.807, 2.05) is 30.0 Å². The molecule has 0 aliphatic carbocycles. The molecule has 0 bridgehead atoms. The lowest BCUT2D eigenvalue weighted by atomic mass is 10.00. The van der Waals surface area contributed by atoms with Crippen LogP contribution in [0.4, 0.5) is 17.3 Å². The van der Waals surface area contributed by atoms with E-state index in [2.05, 4.69) is 19.7 Å². The van der Waals surface area contributed by atoms with Crippen molar-refractivity contribution in [2.45, 2.75) is 44.6 Å². The van der Waals surface area contributed by atoms with E-state index in [9.17, 15) is 13.2 Å². The molecule has 2 aliphatic rings. The minimum absolute atomic E-state index is 0. The molecule has 1 aromatic heterocycles. The van der Waals surface area contributed by atoms with E-state index in [4.69, 9.17) is 16.1 Å². The summed E-state index contributed by atoms with van der Waals surface area (Å²) in [6, 6.07) is 12.4. The minimum Gasteiger partial charge on any atom is -0.368 e. The number of benzene rings is 2. The summed E-state index contributed by atoms with van der Waals surface area (Å²) in [5.74, 6) is 0.247. The molecule has 2 aliphatic heterocycles. The lowest BCUT2D eigenvalue weighted by Gasteiger charge is -2.41. The average Bonchev–Trinajstić information content (AvgIpc) is 3.23. The summed E-state index contributed by atoms with van der Waals surface area (Å²) < 4.78 is 33.1. The van der Waals surface area contributed by atoms with E-state index >= 15 is 0 Å². The Morgan fingerprint density at radius 2 is 1.79 bits per heavy atom. The second-order valence-corrected chi connectivity index (χ2v) is 12.0. The van der Waals surface area contributed by atoms with Gasteiger partial charge in [0.15, 0.2) is 0 Å². The van der Waals surface area contributed by atoms with Gasteiger partial charge in [0.2, 0.25) is 11.8 Å². The van der Waals surface area contributed by atoms with Crippen molar-refractivity contribution in [1.29, 1.82) is 0 Å². The molecule has 1 amide bonds. The Hall–Kier alpha value is -3.24.